The molecule has 0 bridgehead atoms. The van der Waals surface area contributed by atoms with Crippen molar-refractivity contribution in [2.75, 3.05) is 13.2 Å². The van der Waals surface area contributed by atoms with Gasteiger partial charge in [-0.05, 0) is 17.7 Å². The summed E-state index contributed by atoms with van der Waals surface area (Å²) in [5.41, 5.74) is 2.06. The van der Waals surface area contributed by atoms with Crippen LogP contribution < -0.4 is 10.1 Å². The van der Waals surface area contributed by atoms with Crippen molar-refractivity contribution in [1.82, 2.24) is 5.32 Å². The molecule has 2 aromatic carbocycles. The van der Waals surface area contributed by atoms with E-state index in [0.29, 0.717) is 12.4 Å². The number of aromatic hydroxyl groups is 1. The van der Waals surface area contributed by atoms with Gasteiger partial charge in [0.25, 0.3) is 0 Å². The van der Waals surface area contributed by atoms with Crippen molar-refractivity contribution >= 4 is 0 Å². The molecule has 1 aliphatic rings. The Bertz CT molecular complexity index is 586. The summed E-state index contributed by atoms with van der Waals surface area (Å²) in [4.78, 5) is 0. The predicted molar refractivity (Wildman–Crippen MR) is 75.7 cm³/mol. The van der Waals surface area contributed by atoms with E-state index in [1.165, 1.54) is 0 Å². The van der Waals surface area contributed by atoms with Crippen LogP contribution in [0, 0.1) is 0 Å². The molecule has 0 fully saturated rings. The molecule has 0 spiro atoms. The first kappa shape index (κ1) is 13.0. The third kappa shape index (κ3) is 2.48. The first-order chi connectivity index (χ1) is 9.78. The Morgan fingerprint density at radius 3 is 2.75 bits per heavy atom. The molecule has 0 aromatic heterocycles. The van der Waals surface area contributed by atoms with Crippen LogP contribution >= 0.6 is 0 Å². The molecule has 2 unspecified atom stereocenters. The van der Waals surface area contributed by atoms with Gasteiger partial charge in [0.05, 0.1) is 18.7 Å². The van der Waals surface area contributed by atoms with Crippen LogP contribution in [0.2, 0.25) is 0 Å². The smallest absolute Gasteiger partial charge is 0.127 e. The van der Waals surface area contributed by atoms with Crippen molar-refractivity contribution in [1.29, 1.82) is 0 Å². The summed E-state index contributed by atoms with van der Waals surface area (Å²) in [6.45, 7) is 0.524. The molecule has 0 saturated carbocycles. The van der Waals surface area contributed by atoms with Crippen molar-refractivity contribution in [2.24, 2.45) is 0 Å². The summed E-state index contributed by atoms with van der Waals surface area (Å²) >= 11 is 0. The maximum atomic E-state index is 9.59. The van der Waals surface area contributed by atoms with Crippen LogP contribution in [0.5, 0.6) is 11.5 Å². The first-order valence-electron chi connectivity index (χ1n) is 6.65. The Balaban J connectivity index is 1.79. The standard InChI is InChI=1S/C16H17NO3/c18-9-14(11-4-2-1-3-5-11)17-15-10-20-16-8-12(19)6-7-13(15)16/h1-8,14-15,17-19H,9-10H2. The summed E-state index contributed by atoms with van der Waals surface area (Å²) in [7, 11) is 0. The van der Waals surface area contributed by atoms with Crippen LogP contribution in [-0.4, -0.2) is 23.4 Å². The minimum atomic E-state index is -0.135. The number of aliphatic hydroxyl groups is 1. The fourth-order valence-corrected chi connectivity index (χ4v) is 2.52. The molecule has 4 nitrogen and oxygen atoms in total. The molecule has 1 heterocycles. The highest BCUT2D eigenvalue weighted by Gasteiger charge is 2.26. The molecule has 4 heteroatoms. The summed E-state index contributed by atoms with van der Waals surface area (Å²) in [6.07, 6.45) is 0. The fraction of sp³-hybridized carbons (Fsp3) is 0.250. The lowest BCUT2D eigenvalue weighted by Gasteiger charge is -2.21. The number of phenols is 1. The van der Waals surface area contributed by atoms with Crippen LogP contribution in [0.25, 0.3) is 0 Å². The van der Waals surface area contributed by atoms with Crippen molar-refractivity contribution < 1.29 is 14.9 Å². The van der Waals surface area contributed by atoms with E-state index in [2.05, 4.69) is 5.32 Å². The number of nitrogens with one attached hydrogen (secondary N) is 1. The molecule has 3 rings (SSSR count). The maximum absolute atomic E-state index is 9.59. The number of fused-ring (bicyclic) bond motifs is 1. The molecule has 104 valence electrons. The number of hydrogen-bond donors (Lipinski definition) is 3. The minimum absolute atomic E-state index is 0.0166. The zero-order valence-electron chi connectivity index (χ0n) is 11.0. The molecule has 0 saturated heterocycles. The van der Waals surface area contributed by atoms with Gasteiger partial charge >= 0.3 is 0 Å². The summed E-state index contributed by atoms with van der Waals surface area (Å²) in [5.74, 6) is 0.901. The third-order valence-corrected chi connectivity index (χ3v) is 3.56. The van der Waals surface area contributed by atoms with Gasteiger partial charge in [0.15, 0.2) is 0 Å². The lowest BCUT2D eigenvalue weighted by atomic mass is 10.0. The molecule has 0 radical (unpaired) electrons. The van der Waals surface area contributed by atoms with Gasteiger partial charge in [-0.15, -0.1) is 0 Å². The SMILES string of the molecule is OCC(NC1COc2cc(O)ccc21)c1ccccc1. The van der Waals surface area contributed by atoms with Gasteiger partial charge < -0.3 is 14.9 Å². The first-order valence-corrected chi connectivity index (χ1v) is 6.65. The lowest BCUT2D eigenvalue weighted by molar-refractivity contribution is 0.220. The van der Waals surface area contributed by atoms with Gasteiger partial charge in [0.1, 0.15) is 18.1 Å². The van der Waals surface area contributed by atoms with Gasteiger partial charge in [-0.2, -0.15) is 0 Å². The molecule has 20 heavy (non-hydrogen) atoms. The van der Waals surface area contributed by atoms with E-state index < -0.39 is 0 Å². The van der Waals surface area contributed by atoms with Crippen molar-refractivity contribution in [3.63, 3.8) is 0 Å². The fourth-order valence-electron chi connectivity index (χ4n) is 2.52. The van der Waals surface area contributed by atoms with Crippen LogP contribution in [0.15, 0.2) is 48.5 Å². The molecular weight excluding hydrogens is 254 g/mol. The number of benzene rings is 2. The van der Waals surface area contributed by atoms with Gasteiger partial charge in [-0.25, -0.2) is 0 Å². The maximum Gasteiger partial charge on any atom is 0.127 e. The number of hydrogen-bond acceptors (Lipinski definition) is 4. The van der Waals surface area contributed by atoms with Gasteiger partial charge in [0.2, 0.25) is 0 Å². The zero-order chi connectivity index (χ0) is 13.9. The number of rotatable bonds is 4. The Labute approximate surface area is 117 Å². The minimum Gasteiger partial charge on any atom is -0.508 e. The summed E-state index contributed by atoms with van der Waals surface area (Å²) < 4.78 is 5.57. The van der Waals surface area contributed by atoms with Crippen LogP contribution in [0.1, 0.15) is 23.2 Å². The summed E-state index contributed by atoms with van der Waals surface area (Å²) in [6, 6.07) is 14.8. The molecule has 2 atom stereocenters. The second-order valence-corrected chi connectivity index (χ2v) is 4.90. The van der Waals surface area contributed by atoms with Crippen molar-refractivity contribution in [3.05, 3.63) is 59.7 Å². The Kier molecular flexibility index (Phi) is 3.58. The predicted octanol–water partition coefficient (Wildman–Crippen LogP) is 2.15. The topological polar surface area (TPSA) is 61.7 Å². The molecule has 3 N–H and O–H groups in total. The van der Waals surface area contributed by atoms with E-state index in [9.17, 15) is 10.2 Å². The number of aliphatic hydroxyl groups excluding tert-OH is 1. The number of phenolic OH excluding ortho intramolecular Hbond substituents is 1. The van der Waals surface area contributed by atoms with Crippen LogP contribution in [-0.2, 0) is 0 Å². The van der Waals surface area contributed by atoms with Gasteiger partial charge in [-0.3, -0.25) is 5.32 Å². The largest absolute Gasteiger partial charge is 0.508 e. The van der Waals surface area contributed by atoms with Gasteiger partial charge in [-0.1, -0.05) is 30.3 Å². The number of ether oxygens (including phenoxy) is 1. The van der Waals surface area contributed by atoms with Crippen LogP contribution in [0.4, 0.5) is 0 Å². The van der Waals surface area contributed by atoms with E-state index in [1.807, 2.05) is 36.4 Å². The van der Waals surface area contributed by atoms with Crippen molar-refractivity contribution in [3.8, 4) is 11.5 Å². The van der Waals surface area contributed by atoms with Gasteiger partial charge in [0, 0.05) is 11.6 Å². The van der Waals surface area contributed by atoms with E-state index in [0.717, 1.165) is 11.1 Å². The Morgan fingerprint density at radius 2 is 2.00 bits per heavy atom. The zero-order valence-corrected chi connectivity index (χ0v) is 11.0. The van der Waals surface area contributed by atoms with E-state index >= 15 is 0 Å². The second-order valence-electron chi connectivity index (χ2n) is 4.90. The molecule has 0 aliphatic carbocycles. The quantitative estimate of drug-likeness (QED) is 0.797. The Hall–Kier alpha value is -2.04. The second kappa shape index (κ2) is 5.53. The average molecular weight is 271 g/mol. The molecule has 0 amide bonds. The third-order valence-electron chi connectivity index (χ3n) is 3.56. The average Bonchev–Trinajstić information content (AvgIpc) is 2.87. The molecule has 2 aromatic rings. The monoisotopic (exact) mass is 271 g/mol. The highest BCUT2D eigenvalue weighted by Crippen LogP contribution is 2.36. The van der Waals surface area contributed by atoms with Crippen molar-refractivity contribution in [2.45, 2.75) is 12.1 Å². The normalized spacial score (nSPS) is 18.4. The summed E-state index contributed by atoms with van der Waals surface area (Å²) in [5, 5.41) is 22.4. The molecule has 1 aliphatic heterocycles. The Morgan fingerprint density at radius 1 is 1.20 bits per heavy atom. The molecular formula is C16H17NO3. The van der Waals surface area contributed by atoms with E-state index in [1.54, 1.807) is 12.1 Å². The highest BCUT2D eigenvalue weighted by atomic mass is 16.5. The van der Waals surface area contributed by atoms with E-state index in [-0.39, 0.29) is 24.4 Å². The highest BCUT2D eigenvalue weighted by molar-refractivity contribution is 5.44. The van der Waals surface area contributed by atoms with Crippen LogP contribution in [0.3, 0.4) is 0 Å². The van der Waals surface area contributed by atoms with E-state index in [4.69, 9.17) is 4.74 Å². The lowest BCUT2D eigenvalue weighted by Crippen LogP contribution is -2.29.